The first kappa shape index (κ1) is 12.6. The smallest absolute Gasteiger partial charge is 0.321 e. The van der Waals surface area contributed by atoms with Crippen LogP contribution in [-0.4, -0.2) is 28.3 Å². The van der Waals surface area contributed by atoms with Gasteiger partial charge in [0.2, 0.25) is 0 Å². The largest absolute Gasteiger partial charge is 0.480 e. The van der Waals surface area contributed by atoms with Crippen molar-refractivity contribution in [1.82, 2.24) is 0 Å². The first-order valence-corrected chi connectivity index (χ1v) is 5.67. The SMILES string of the molecule is O=C(O)C1(C(=O)O)CC(OCc2ccccc2)C1. The molecule has 5 heteroatoms. The third-order valence-corrected chi connectivity index (χ3v) is 3.30. The maximum absolute atomic E-state index is 10.9. The van der Waals surface area contributed by atoms with Crippen LogP contribution in [0.4, 0.5) is 0 Å². The van der Waals surface area contributed by atoms with Crippen LogP contribution in [0.1, 0.15) is 18.4 Å². The summed E-state index contributed by atoms with van der Waals surface area (Å²) in [6, 6.07) is 9.48. The van der Waals surface area contributed by atoms with Crippen LogP contribution in [0.5, 0.6) is 0 Å². The van der Waals surface area contributed by atoms with Gasteiger partial charge in [-0.2, -0.15) is 0 Å². The second kappa shape index (κ2) is 4.78. The number of rotatable bonds is 5. The normalized spacial score (nSPS) is 18.0. The highest BCUT2D eigenvalue weighted by atomic mass is 16.5. The lowest BCUT2D eigenvalue weighted by atomic mass is 9.66. The molecule has 1 aromatic rings. The van der Waals surface area contributed by atoms with Gasteiger partial charge in [-0.15, -0.1) is 0 Å². The van der Waals surface area contributed by atoms with Gasteiger partial charge in [0.25, 0.3) is 0 Å². The van der Waals surface area contributed by atoms with Crippen molar-refractivity contribution < 1.29 is 24.5 Å². The van der Waals surface area contributed by atoms with Crippen molar-refractivity contribution in [2.75, 3.05) is 0 Å². The lowest BCUT2D eigenvalue weighted by molar-refractivity contribution is -0.185. The third kappa shape index (κ3) is 2.22. The number of hydrogen-bond donors (Lipinski definition) is 2. The average Bonchev–Trinajstić information content (AvgIpc) is 2.27. The molecule has 0 heterocycles. The molecular formula is C13H14O5. The minimum absolute atomic E-state index is 0.0322. The molecular weight excluding hydrogens is 236 g/mol. The molecule has 0 amide bonds. The van der Waals surface area contributed by atoms with E-state index in [9.17, 15) is 9.59 Å². The molecule has 0 aliphatic heterocycles. The molecule has 1 aliphatic carbocycles. The van der Waals surface area contributed by atoms with Gasteiger partial charge >= 0.3 is 11.9 Å². The van der Waals surface area contributed by atoms with E-state index in [2.05, 4.69) is 0 Å². The van der Waals surface area contributed by atoms with E-state index in [1.807, 2.05) is 30.3 Å². The molecule has 1 saturated carbocycles. The van der Waals surface area contributed by atoms with Gasteiger partial charge in [-0.3, -0.25) is 9.59 Å². The molecule has 2 N–H and O–H groups in total. The molecule has 18 heavy (non-hydrogen) atoms. The van der Waals surface area contributed by atoms with E-state index >= 15 is 0 Å². The Hall–Kier alpha value is -1.88. The molecule has 0 radical (unpaired) electrons. The van der Waals surface area contributed by atoms with E-state index < -0.39 is 17.4 Å². The zero-order valence-electron chi connectivity index (χ0n) is 9.70. The van der Waals surface area contributed by atoms with Gasteiger partial charge < -0.3 is 14.9 Å². The molecule has 0 unspecified atom stereocenters. The summed E-state index contributed by atoms with van der Waals surface area (Å²) in [5.41, 5.74) is -0.665. The van der Waals surface area contributed by atoms with Crippen molar-refractivity contribution in [3.63, 3.8) is 0 Å². The van der Waals surface area contributed by atoms with Crippen molar-refractivity contribution in [3.05, 3.63) is 35.9 Å². The molecule has 2 rings (SSSR count). The summed E-state index contributed by atoms with van der Waals surface area (Å²) < 4.78 is 5.49. The summed E-state index contributed by atoms with van der Waals surface area (Å²) in [5, 5.41) is 17.8. The van der Waals surface area contributed by atoms with Crippen LogP contribution < -0.4 is 0 Å². The van der Waals surface area contributed by atoms with E-state index in [4.69, 9.17) is 14.9 Å². The predicted molar refractivity (Wildman–Crippen MR) is 62.0 cm³/mol. The van der Waals surface area contributed by atoms with E-state index in [0.29, 0.717) is 6.61 Å². The van der Waals surface area contributed by atoms with Crippen molar-refractivity contribution in [1.29, 1.82) is 0 Å². The minimum Gasteiger partial charge on any atom is -0.480 e. The Balaban J connectivity index is 1.86. The quantitative estimate of drug-likeness (QED) is 0.774. The standard InChI is InChI=1S/C13H14O5/c14-11(15)13(12(16)17)6-10(7-13)18-8-9-4-2-1-3-5-9/h1-5,10H,6-8H2,(H,14,15)(H,16,17). The number of carbonyl (C=O) groups is 2. The number of ether oxygens (including phenoxy) is 1. The predicted octanol–water partition coefficient (Wildman–Crippen LogP) is 1.52. The van der Waals surface area contributed by atoms with Gasteiger partial charge in [0.1, 0.15) is 0 Å². The molecule has 1 fully saturated rings. The van der Waals surface area contributed by atoms with Crippen LogP contribution in [0.3, 0.4) is 0 Å². The highest BCUT2D eigenvalue weighted by Gasteiger charge is 2.57. The Morgan fingerprint density at radius 3 is 2.22 bits per heavy atom. The van der Waals surface area contributed by atoms with Crippen LogP contribution in [0.25, 0.3) is 0 Å². The lowest BCUT2D eigenvalue weighted by Crippen LogP contribution is -2.53. The van der Waals surface area contributed by atoms with Crippen molar-refractivity contribution in [3.8, 4) is 0 Å². The summed E-state index contributed by atoms with van der Waals surface area (Å²) in [6.07, 6.45) is -0.230. The van der Waals surface area contributed by atoms with E-state index in [1.54, 1.807) is 0 Å². The second-order valence-electron chi connectivity index (χ2n) is 4.52. The minimum atomic E-state index is -1.65. The summed E-state index contributed by atoms with van der Waals surface area (Å²) in [7, 11) is 0. The molecule has 96 valence electrons. The van der Waals surface area contributed by atoms with Crippen LogP contribution in [0.2, 0.25) is 0 Å². The monoisotopic (exact) mass is 250 g/mol. The van der Waals surface area contributed by atoms with Crippen LogP contribution in [0.15, 0.2) is 30.3 Å². The highest BCUT2D eigenvalue weighted by Crippen LogP contribution is 2.43. The Morgan fingerprint density at radius 1 is 1.17 bits per heavy atom. The van der Waals surface area contributed by atoms with Gasteiger partial charge in [-0.05, 0) is 5.56 Å². The van der Waals surface area contributed by atoms with Gasteiger partial charge in [0, 0.05) is 12.8 Å². The Kier molecular flexibility index (Phi) is 3.34. The number of aliphatic carboxylic acids is 2. The molecule has 1 aromatic carbocycles. The maximum Gasteiger partial charge on any atom is 0.321 e. The zero-order chi connectivity index (χ0) is 13.2. The van der Waals surface area contributed by atoms with Crippen molar-refractivity contribution in [2.45, 2.75) is 25.6 Å². The highest BCUT2D eigenvalue weighted by molar-refractivity contribution is 5.99. The number of carboxylic acids is 2. The fourth-order valence-corrected chi connectivity index (χ4v) is 2.06. The maximum atomic E-state index is 10.9. The molecule has 0 bridgehead atoms. The number of carboxylic acid groups (broad SMARTS) is 2. The van der Waals surface area contributed by atoms with E-state index in [-0.39, 0.29) is 18.9 Å². The summed E-state index contributed by atoms with van der Waals surface area (Å²) in [5.74, 6) is -2.57. The zero-order valence-corrected chi connectivity index (χ0v) is 9.70. The first-order chi connectivity index (χ1) is 8.54. The van der Waals surface area contributed by atoms with Crippen LogP contribution in [0, 0.1) is 5.41 Å². The first-order valence-electron chi connectivity index (χ1n) is 5.67. The fourth-order valence-electron chi connectivity index (χ4n) is 2.06. The van der Waals surface area contributed by atoms with Crippen LogP contribution >= 0.6 is 0 Å². The van der Waals surface area contributed by atoms with E-state index in [1.165, 1.54) is 0 Å². The van der Waals surface area contributed by atoms with Crippen molar-refractivity contribution in [2.24, 2.45) is 5.41 Å². The molecule has 0 saturated heterocycles. The molecule has 0 atom stereocenters. The fraction of sp³-hybridized carbons (Fsp3) is 0.385. The number of benzene rings is 1. The molecule has 5 nitrogen and oxygen atoms in total. The lowest BCUT2D eigenvalue weighted by Gasteiger charge is -2.40. The van der Waals surface area contributed by atoms with Gasteiger partial charge in [-0.1, -0.05) is 30.3 Å². The summed E-state index contributed by atoms with van der Waals surface area (Å²) >= 11 is 0. The van der Waals surface area contributed by atoms with E-state index in [0.717, 1.165) is 5.56 Å². The Labute approximate surface area is 104 Å². The van der Waals surface area contributed by atoms with Gasteiger partial charge in [-0.25, -0.2) is 0 Å². The Bertz CT molecular complexity index is 432. The molecule has 0 spiro atoms. The molecule has 1 aliphatic rings. The average molecular weight is 250 g/mol. The second-order valence-corrected chi connectivity index (χ2v) is 4.52. The van der Waals surface area contributed by atoms with Crippen LogP contribution in [-0.2, 0) is 20.9 Å². The Morgan fingerprint density at radius 2 is 1.72 bits per heavy atom. The van der Waals surface area contributed by atoms with Crippen molar-refractivity contribution >= 4 is 11.9 Å². The topological polar surface area (TPSA) is 83.8 Å². The molecule has 0 aromatic heterocycles. The van der Waals surface area contributed by atoms with Gasteiger partial charge in [0.15, 0.2) is 5.41 Å². The summed E-state index contributed by atoms with van der Waals surface area (Å²) in [6.45, 7) is 0.376. The van der Waals surface area contributed by atoms with Gasteiger partial charge in [0.05, 0.1) is 12.7 Å². The third-order valence-electron chi connectivity index (χ3n) is 3.30. The number of hydrogen-bond acceptors (Lipinski definition) is 3. The summed E-state index contributed by atoms with van der Waals surface area (Å²) in [4.78, 5) is 21.9.